The van der Waals surface area contributed by atoms with Crippen LogP contribution in [0.15, 0.2) is 18.2 Å². The Morgan fingerprint density at radius 3 is 2.69 bits per heavy atom. The second-order valence-electron chi connectivity index (χ2n) is 3.10. The number of nitrogens with one attached hydrogen (secondary N) is 1. The van der Waals surface area contributed by atoms with Gasteiger partial charge >= 0.3 is 0 Å². The molecule has 3 heteroatoms. The van der Waals surface area contributed by atoms with Crippen molar-refractivity contribution in [3.63, 3.8) is 0 Å². The molecule has 1 aromatic rings. The van der Waals surface area contributed by atoms with Gasteiger partial charge in [0.15, 0.2) is 0 Å². The van der Waals surface area contributed by atoms with Gasteiger partial charge in [0.1, 0.15) is 5.82 Å². The van der Waals surface area contributed by atoms with Crippen LogP contribution in [0, 0.1) is 12.7 Å². The zero-order chi connectivity index (χ0) is 9.84. The zero-order valence-corrected chi connectivity index (χ0v) is 7.84. The largest absolute Gasteiger partial charge is 0.316 e. The molecule has 1 unspecified atom stereocenters. The van der Waals surface area contributed by atoms with Gasteiger partial charge < -0.3 is 5.21 Å². The van der Waals surface area contributed by atoms with Crippen LogP contribution in [0.4, 0.5) is 4.39 Å². The molecule has 0 amide bonds. The highest BCUT2D eigenvalue weighted by Gasteiger charge is 2.08. The molecular weight excluding hydrogens is 169 g/mol. The van der Waals surface area contributed by atoms with Crippen molar-refractivity contribution in [3.05, 3.63) is 35.1 Å². The summed E-state index contributed by atoms with van der Waals surface area (Å²) < 4.78 is 12.9. The third-order valence-corrected chi connectivity index (χ3v) is 2.15. The van der Waals surface area contributed by atoms with Gasteiger partial charge in [0.05, 0.1) is 6.04 Å². The Kier molecular flexibility index (Phi) is 3.39. The first-order valence-corrected chi connectivity index (χ1v) is 4.34. The summed E-state index contributed by atoms with van der Waals surface area (Å²) >= 11 is 0. The van der Waals surface area contributed by atoms with Crippen LogP contribution in [0.3, 0.4) is 0 Å². The van der Waals surface area contributed by atoms with Crippen molar-refractivity contribution in [2.75, 3.05) is 0 Å². The summed E-state index contributed by atoms with van der Waals surface area (Å²) in [6.45, 7) is 3.66. The molecule has 1 aromatic carbocycles. The van der Waals surface area contributed by atoms with Gasteiger partial charge in [-0.25, -0.2) is 4.39 Å². The number of hydroxylamine groups is 1. The average molecular weight is 183 g/mol. The fraction of sp³-hybridized carbons (Fsp3) is 0.400. The van der Waals surface area contributed by atoms with Crippen LogP contribution in [-0.4, -0.2) is 5.21 Å². The third kappa shape index (κ3) is 2.26. The van der Waals surface area contributed by atoms with E-state index in [-0.39, 0.29) is 11.9 Å². The molecule has 1 atom stereocenters. The number of benzene rings is 1. The second kappa shape index (κ2) is 4.35. The van der Waals surface area contributed by atoms with Crippen LogP contribution in [0.5, 0.6) is 0 Å². The van der Waals surface area contributed by atoms with Crippen LogP contribution in [0.25, 0.3) is 0 Å². The Balaban J connectivity index is 2.95. The highest BCUT2D eigenvalue weighted by molar-refractivity contribution is 5.26. The first-order chi connectivity index (χ1) is 6.19. The Hall–Kier alpha value is -0.930. The maximum Gasteiger partial charge on any atom is 0.126 e. The van der Waals surface area contributed by atoms with E-state index >= 15 is 0 Å². The Labute approximate surface area is 77.4 Å². The van der Waals surface area contributed by atoms with Crippen molar-refractivity contribution in [1.29, 1.82) is 0 Å². The van der Waals surface area contributed by atoms with Gasteiger partial charge in [-0.2, -0.15) is 5.48 Å². The lowest BCUT2D eigenvalue weighted by molar-refractivity contribution is 0.124. The quantitative estimate of drug-likeness (QED) is 0.706. The third-order valence-electron chi connectivity index (χ3n) is 2.15. The van der Waals surface area contributed by atoms with E-state index in [2.05, 4.69) is 5.48 Å². The smallest absolute Gasteiger partial charge is 0.126 e. The number of aryl methyl sites for hydroxylation is 1. The van der Waals surface area contributed by atoms with E-state index in [1.165, 1.54) is 6.07 Å². The summed E-state index contributed by atoms with van der Waals surface area (Å²) in [5, 5.41) is 8.80. The van der Waals surface area contributed by atoms with E-state index in [9.17, 15) is 4.39 Å². The van der Waals surface area contributed by atoms with E-state index in [1.807, 2.05) is 6.92 Å². The molecule has 0 aliphatic rings. The summed E-state index contributed by atoms with van der Waals surface area (Å²) in [5.41, 5.74) is 3.70. The second-order valence-corrected chi connectivity index (χ2v) is 3.10. The van der Waals surface area contributed by atoms with Crippen LogP contribution < -0.4 is 5.48 Å². The normalized spacial score (nSPS) is 12.9. The van der Waals surface area contributed by atoms with E-state index < -0.39 is 0 Å². The van der Waals surface area contributed by atoms with Crippen molar-refractivity contribution in [3.8, 4) is 0 Å². The monoisotopic (exact) mass is 183 g/mol. The molecule has 0 radical (unpaired) electrons. The highest BCUT2D eigenvalue weighted by atomic mass is 19.1. The minimum atomic E-state index is -0.212. The lowest BCUT2D eigenvalue weighted by Crippen LogP contribution is -2.16. The maximum absolute atomic E-state index is 12.9. The molecule has 2 nitrogen and oxygen atoms in total. The van der Waals surface area contributed by atoms with Crippen molar-refractivity contribution in [2.45, 2.75) is 26.3 Å². The summed E-state index contributed by atoms with van der Waals surface area (Å²) in [5.74, 6) is -0.212. The molecule has 13 heavy (non-hydrogen) atoms. The molecule has 0 bridgehead atoms. The molecule has 0 fully saturated rings. The van der Waals surface area contributed by atoms with E-state index in [4.69, 9.17) is 5.21 Å². The van der Waals surface area contributed by atoms with Crippen LogP contribution in [-0.2, 0) is 0 Å². The molecule has 1 rings (SSSR count). The summed E-state index contributed by atoms with van der Waals surface area (Å²) in [6.07, 6.45) is 0.765. The summed E-state index contributed by atoms with van der Waals surface area (Å²) in [7, 11) is 0. The van der Waals surface area contributed by atoms with Crippen LogP contribution in [0.1, 0.15) is 30.5 Å². The van der Waals surface area contributed by atoms with Gasteiger partial charge in [-0.3, -0.25) is 0 Å². The fourth-order valence-electron chi connectivity index (χ4n) is 1.29. The number of hydrogen-bond acceptors (Lipinski definition) is 2. The van der Waals surface area contributed by atoms with Crippen LogP contribution >= 0.6 is 0 Å². The first kappa shape index (κ1) is 10.2. The van der Waals surface area contributed by atoms with Crippen molar-refractivity contribution >= 4 is 0 Å². The van der Waals surface area contributed by atoms with Gasteiger partial charge in [0.25, 0.3) is 0 Å². The molecule has 72 valence electrons. The molecule has 0 spiro atoms. The molecule has 0 saturated heterocycles. The topological polar surface area (TPSA) is 32.3 Å². The summed E-state index contributed by atoms with van der Waals surface area (Å²) in [6, 6.07) is 4.73. The lowest BCUT2D eigenvalue weighted by Gasteiger charge is -2.13. The SMILES string of the molecule is CCC(NO)c1ccc(F)c(C)c1. The first-order valence-electron chi connectivity index (χ1n) is 4.34. The number of rotatable bonds is 3. The molecule has 0 saturated carbocycles. The van der Waals surface area contributed by atoms with Gasteiger partial charge in [-0.05, 0) is 30.5 Å². The predicted molar refractivity (Wildman–Crippen MR) is 49.1 cm³/mol. The van der Waals surface area contributed by atoms with E-state index in [1.54, 1.807) is 19.1 Å². The Morgan fingerprint density at radius 2 is 2.23 bits per heavy atom. The zero-order valence-electron chi connectivity index (χ0n) is 7.84. The molecule has 0 aliphatic heterocycles. The number of halogens is 1. The molecule has 0 aliphatic carbocycles. The summed E-state index contributed by atoms with van der Waals surface area (Å²) in [4.78, 5) is 0. The Bertz CT molecular complexity index is 284. The Morgan fingerprint density at radius 1 is 1.54 bits per heavy atom. The van der Waals surface area contributed by atoms with Gasteiger partial charge in [0.2, 0.25) is 0 Å². The van der Waals surface area contributed by atoms with Crippen molar-refractivity contribution in [2.24, 2.45) is 0 Å². The minimum Gasteiger partial charge on any atom is -0.316 e. The average Bonchev–Trinajstić information content (AvgIpc) is 2.13. The van der Waals surface area contributed by atoms with E-state index in [0.717, 1.165) is 12.0 Å². The fourth-order valence-corrected chi connectivity index (χ4v) is 1.29. The van der Waals surface area contributed by atoms with Crippen LogP contribution in [0.2, 0.25) is 0 Å². The molecule has 2 N–H and O–H groups in total. The molecule has 0 heterocycles. The number of hydrogen-bond donors (Lipinski definition) is 2. The van der Waals surface area contributed by atoms with Gasteiger partial charge in [0, 0.05) is 0 Å². The molecular formula is C10H14FNO. The van der Waals surface area contributed by atoms with Gasteiger partial charge in [-0.1, -0.05) is 19.1 Å². The predicted octanol–water partition coefficient (Wildman–Crippen LogP) is 2.56. The minimum absolute atomic E-state index is 0.112. The lowest BCUT2D eigenvalue weighted by atomic mass is 10.0. The van der Waals surface area contributed by atoms with Gasteiger partial charge in [-0.15, -0.1) is 0 Å². The van der Waals surface area contributed by atoms with E-state index in [0.29, 0.717) is 5.56 Å². The van der Waals surface area contributed by atoms with Crippen molar-refractivity contribution < 1.29 is 9.60 Å². The highest BCUT2D eigenvalue weighted by Crippen LogP contribution is 2.18. The standard InChI is InChI=1S/C10H14FNO/c1-3-10(12-13)8-4-5-9(11)7(2)6-8/h4-6,10,12-13H,3H2,1-2H3. The maximum atomic E-state index is 12.9. The molecule has 0 aromatic heterocycles. The van der Waals surface area contributed by atoms with Crippen molar-refractivity contribution in [1.82, 2.24) is 5.48 Å².